The fourth-order valence-electron chi connectivity index (χ4n) is 8.75. The summed E-state index contributed by atoms with van der Waals surface area (Å²) in [6.45, 7) is 0. The molecule has 0 bridgehead atoms. The fraction of sp³-hybridized carbons (Fsp3) is 0.0185. The minimum Gasteiger partial charge on any atom is -0.228 e. The molecular formula is C54H35N3. The molecule has 3 heteroatoms. The molecule has 3 nitrogen and oxygen atoms in total. The average Bonchev–Trinajstić information content (AvgIpc) is 3.60. The summed E-state index contributed by atoms with van der Waals surface area (Å²) in [4.78, 5) is 10.5. The zero-order valence-electron chi connectivity index (χ0n) is 31.0. The maximum absolute atomic E-state index is 9.69. The molecule has 1 aromatic heterocycles. The molecule has 1 aliphatic rings. The van der Waals surface area contributed by atoms with E-state index in [1.165, 1.54) is 27.8 Å². The molecule has 57 heavy (non-hydrogen) atoms. The molecule has 0 unspecified atom stereocenters. The summed E-state index contributed by atoms with van der Waals surface area (Å²) in [6, 6.07) is 77.0. The minimum atomic E-state index is -0.720. The second-order valence-corrected chi connectivity index (χ2v) is 14.4. The van der Waals surface area contributed by atoms with Crippen LogP contribution in [0.25, 0.3) is 67.3 Å². The molecule has 0 atom stereocenters. The maximum Gasteiger partial charge on any atom is 0.160 e. The summed E-state index contributed by atoms with van der Waals surface area (Å²) < 4.78 is 0. The first-order chi connectivity index (χ1) is 28.2. The number of nitrogens with zero attached hydrogens (tertiary/aromatic N) is 3. The van der Waals surface area contributed by atoms with Crippen LogP contribution >= 0.6 is 0 Å². The molecule has 0 spiro atoms. The van der Waals surface area contributed by atoms with Crippen LogP contribution < -0.4 is 0 Å². The van der Waals surface area contributed by atoms with E-state index in [4.69, 9.17) is 9.97 Å². The third-order valence-corrected chi connectivity index (χ3v) is 11.2. The highest BCUT2D eigenvalue weighted by Crippen LogP contribution is 2.59. The molecule has 1 heterocycles. The Labute approximate surface area is 332 Å². The molecule has 8 aromatic carbocycles. The van der Waals surface area contributed by atoms with Crippen molar-refractivity contribution in [1.29, 1.82) is 5.26 Å². The van der Waals surface area contributed by atoms with Crippen molar-refractivity contribution < 1.29 is 0 Å². The van der Waals surface area contributed by atoms with Crippen LogP contribution in [0.1, 0.15) is 27.8 Å². The van der Waals surface area contributed by atoms with Gasteiger partial charge in [-0.05, 0) is 79.9 Å². The molecule has 1 aliphatic carbocycles. The van der Waals surface area contributed by atoms with Gasteiger partial charge in [0.25, 0.3) is 0 Å². The molecule has 0 aliphatic heterocycles. The lowest BCUT2D eigenvalue weighted by Crippen LogP contribution is -2.30. The molecule has 0 fully saturated rings. The fourth-order valence-corrected chi connectivity index (χ4v) is 8.75. The number of aromatic nitrogens is 2. The largest absolute Gasteiger partial charge is 0.228 e. The van der Waals surface area contributed by atoms with Crippen LogP contribution in [0, 0.1) is 11.3 Å². The quantitative estimate of drug-likeness (QED) is 0.164. The van der Waals surface area contributed by atoms with E-state index in [0.717, 1.165) is 55.9 Å². The third kappa shape index (κ3) is 5.75. The van der Waals surface area contributed by atoms with Crippen molar-refractivity contribution in [3.63, 3.8) is 0 Å². The average molecular weight is 726 g/mol. The summed E-state index contributed by atoms with van der Waals surface area (Å²) in [7, 11) is 0. The molecule has 0 amide bonds. The highest BCUT2D eigenvalue weighted by atomic mass is 14.9. The van der Waals surface area contributed by atoms with Gasteiger partial charge in [0.05, 0.1) is 28.4 Å². The van der Waals surface area contributed by atoms with Crippen LogP contribution in [0.15, 0.2) is 212 Å². The Bertz CT molecular complexity index is 2870. The van der Waals surface area contributed by atoms with E-state index < -0.39 is 5.41 Å². The van der Waals surface area contributed by atoms with Gasteiger partial charge in [-0.15, -0.1) is 0 Å². The number of fused-ring (bicyclic) bond motifs is 3. The van der Waals surface area contributed by atoms with Gasteiger partial charge >= 0.3 is 0 Å². The molecule has 0 N–H and O–H groups in total. The van der Waals surface area contributed by atoms with E-state index >= 15 is 0 Å². The van der Waals surface area contributed by atoms with Crippen LogP contribution in [0.2, 0.25) is 0 Å². The lowest BCUT2D eigenvalue weighted by Gasteiger charge is -2.37. The van der Waals surface area contributed by atoms with Crippen molar-refractivity contribution >= 4 is 0 Å². The van der Waals surface area contributed by atoms with Crippen LogP contribution in [0.5, 0.6) is 0 Å². The Balaban J connectivity index is 1.27. The Morgan fingerprint density at radius 3 is 1.40 bits per heavy atom. The van der Waals surface area contributed by atoms with E-state index in [-0.39, 0.29) is 0 Å². The van der Waals surface area contributed by atoms with Gasteiger partial charge in [0.1, 0.15) is 0 Å². The SMILES string of the molecule is N#Cc1cccc(-c2cccc(-c3ccccc3C3(c4ccccc4-c4cc(-c5ccccc5)nc(-c5ccccc5)n4)c4ccccc4-c4ccccc43)c2)c1. The predicted octanol–water partition coefficient (Wildman–Crippen LogP) is 13.0. The van der Waals surface area contributed by atoms with Gasteiger partial charge in [-0.25, -0.2) is 9.97 Å². The Morgan fingerprint density at radius 1 is 0.333 bits per heavy atom. The number of hydrogen-bond acceptors (Lipinski definition) is 3. The summed E-state index contributed by atoms with van der Waals surface area (Å²) >= 11 is 0. The molecular weight excluding hydrogens is 691 g/mol. The number of nitriles is 1. The molecule has 10 rings (SSSR count). The smallest absolute Gasteiger partial charge is 0.160 e. The van der Waals surface area contributed by atoms with Gasteiger partial charge in [-0.1, -0.05) is 188 Å². The van der Waals surface area contributed by atoms with Crippen LogP contribution in [0.3, 0.4) is 0 Å². The third-order valence-electron chi connectivity index (χ3n) is 11.2. The van der Waals surface area contributed by atoms with Crippen LogP contribution in [-0.4, -0.2) is 9.97 Å². The zero-order chi connectivity index (χ0) is 38.2. The molecule has 0 radical (unpaired) electrons. The molecule has 0 saturated carbocycles. The molecule has 266 valence electrons. The van der Waals surface area contributed by atoms with Crippen LogP contribution in [0.4, 0.5) is 0 Å². The van der Waals surface area contributed by atoms with E-state index in [1.807, 2.05) is 42.5 Å². The lowest BCUT2D eigenvalue weighted by atomic mass is 9.64. The first-order valence-corrected chi connectivity index (χ1v) is 19.2. The standard InChI is InChI=1S/C54H35N3/c55-36-37-17-15-22-40(33-37)41-23-16-24-42(34-41)43-25-7-11-29-47(43)54(48-30-12-8-26-44(48)45-27-9-13-31-49(45)54)50-32-14-10-28-46(50)52-35-51(38-18-3-1-4-19-38)56-53(57-52)39-20-5-2-6-21-39/h1-35H. The second kappa shape index (κ2) is 14.2. The van der Waals surface area contributed by atoms with Gasteiger partial charge in [0, 0.05) is 16.7 Å². The van der Waals surface area contributed by atoms with E-state index in [0.29, 0.717) is 11.4 Å². The van der Waals surface area contributed by atoms with Crippen molar-refractivity contribution in [1.82, 2.24) is 9.97 Å². The number of hydrogen-bond donors (Lipinski definition) is 0. The normalized spacial score (nSPS) is 12.3. The lowest BCUT2D eigenvalue weighted by molar-refractivity contribution is 0.772. The first kappa shape index (κ1) is 33.9. The highest BCUT2D eigenvalue weighted by Gasteiger charge is 2.48. The van der Waals surface area contributed by atoms with Gasteiger partial charge in [0.15, 0.2) is 5.82 Å². The van der Waals surface area contributed by atoms with E-state index in [9.17, 15) is 5.26 Å². The predicted molar refractivity (Wildman–Crippen MR) is 231 cm³/mol. The first-order valence-electron chi connectivity index (χ1n) is 19.2. The van der Waals surface area contributed by atoms with E-state index in [2.05, 4.69) is 176 Å². The second-order valence-electron chi connectivity index (χ2n) is 14.4. The van der Waals surface area contributed by atoms with Gasteiger partial charge in [-0.2, -0.15) is 5.26 Å². The van der Waals surface area contributed by atoms with Crippen molar-refractivity contribution in [2.45, 2.75) is 5.41 Å². The summed E-state index contributed by atoms with van der Waals surface area (Å²) in [5, 5.41) is 9.69. The van der Waals surface area contributed by atoms with Crippen molar-refractivity contribution in [2.75, 3.05) is 0 Å². The van der Waals surface area contributed by atoms with Crippen molar-refractivity contribution in [2.24, 2.45) is 0 Å². The summed E-state index contributed by atoms with van der Waals surface area (Å²) in [6.07, 6.45) is 0. The minimum absolute atomic E-state index is 0.642. The topological polar surface area (TPSA) is 49.6 Å². The Morgan fingerprint density at radius 2 is 0.772 bits per heavy atom. The van der Waals surface area contributed by atoms with Crippen molar-refractivity contribution in [3.05, 3.63) is 240 Å². The molecule has 0 saturated heterocycles. The van der Waals surface area contributed by atoms with Gasteiger partial charge in [-0.3, -0.25) is 0 Å². The van der Waals surface area contributed by atoms with Crippen LogP contribution in [-0.2, 0) is 5.41 Å². The van der Waals surface area contributed by atoms with E-state index in [1.54, 1.807) is 0 Å². The van der Waals surface area contributed by atoms with Gasteiger partial charge in [0.2, 0.25) is 0 Å². The van der Waals surface area contributed by atoms with Gasteiger partial charge < -0.3 is 0 Å². The highest BCUT2D eigenvalue weighted by molar-refractivity contribution is 5.91. The maximum atomic E-state index is 9.69. The number of benzene rings is 8. The Hall–Kier alpha value is -7.67. The van der Waals surface area contributed by atoms with Crippen molar-refractivity contribution in [3.8, 4) is 73.4 Å². The molecule has 9 aromatic rings. The number of rotatable bonds is 7. The zero-order valence-corrected chi connectivity index (χ0v) is 31.0. The summed E-state index contributed by atoms with van der Waals surface area (Å²) in [5.41, 5.74) is 16.2. The summed E-state index contributed by atoms with van der Waals surface area (Å²) in [5.74, 6) is 0.681. The Kier molecular flexibility index (Phi) is 8.43. The monoisotopic (exact) mass is 725 g/mol.